The van der Waals surface area contributed by atoms with E-state index in [0.717, 1.165) is 19.5 Å². The van der Waals surface area contributed by atoms with E-state index in [1.165, 1.54) is 11.3 Å². The van der Waals surface area contributed by atoms with Gasteiger partial charge in [-0.25, -0.2) is 0 Å². The Labute approximate surface area is 174 Å². The van der Waals surface area contributed by atoms with Gasteiger partial charge >= 0.3 is 0 Å². The van der Waals surface area contributed by atoms with E-state index >= 15 is 0 Å². The molecule has 0 saturated carbocycles. The van der Waals surface area contributed by atoms with Gasteiger partial charge in [-0.1, -0.05) is 42.8 Å². The van der Waals surface area contributed by atoms with Crippen LogP contribution < -0.4 is 15.6 Å². The summed E-state index contributed by atoms with van der Waals surface area (Å²) in [6.07, 6.45) is 2.34. The largest absolute Gasteiger partial charge is 0.439 e. The SMILES string of the molecule is C[C@H]1CCC[NH+](CC(=O)Nc2oc3ccccc3c(=O)c2-c2ccc(Cl)cc2)C1. The molecule has 2 atom stereocenters. The molecule has 6 heteroatoms. The van der Waals surface area contributed by atoms with Crippen LogP contribution in [-0.2, 0) is 4.79 Å². The van der Waals surface area contributed by atoms with Crippen LogP contribution in [0.5, 0.6) is 0 Å². The van der Waals surface area contributed by atoms with Gasteiger partial charge in [-0.2, -0.15) is 0 Å². The van der Waals surface area contributed by atoms with E-state index in [2.05, 4.69) is 12.2 Å². The highest BCUT2D eigenvalue weighted by Crippen LogP contribution is 2.29. The Morgan fingerprint density at radius 3 is 2.72 bits per heavy atom. The zero-order valence-electron chi connectivity index (χ0n) is 16.3. The van der Waals surface area contributed by atoms with Crippen LogP contribution in [0.15, 0.2) is 57.7 Å². The predicted octanol–water partition coefficient (Wildman–Crippen LogP) is 3.37. The maximum atomic E-state index is 13.2. The number of amides is 1. The smallest absolute Gasteiger partial charge is 0.281 e. The van der Waals surface area contributed by atoms with Crippen LogP contribution in [0.1, 0.15) is 19.8 Å². The van der Waals surface area contributed by atoms with Crippen molar-refractivity contribution in [3.63, 3.8) is 0 Å². The van der Waals surface area contributed by atoms with Gasteiger partial charge in [0.25, 0.3) is 5.91 Å². The number of halogens is 1. The third-order valence-electron chi connectivity index (χ3n) is 5.46. The predicted molar refractivity (Wildman–Crippen MR) is 116 cm³/mol. The van der Waals surface area contributed by atoms with Crippen LogP contribution in [-0.4, -0.2) is 25.5 Å². The van der Waals surface area contributed by atoms with Gasteiger partial charge in [0.1, 0.15) is 5.58 Å². The van der Waals surface area contributed by atoms with Gasteiger partial charge in [-0.05, 0) is 42.7 Å². The number of fused-ring (bicyclic) bond motifs is 1. The number of quaternary nitrogens is 1. The van der Waals surface area contributed by atoms with Crippen molar-refractivity contribution >= 4 is 34.4 Å². The monoisotopic (exact) mass is 411 g/mol. The van der Waals surface area contributed by atoms with E-state index in [-0.39, 0.29) is 17.2 Å². The normalized spacial score (nSPS) is 19.2. The molecule has 1 aromatic heterocycles. The Morgan fingerprint density at radius 2 is 1.97 bits per heavy atom. The Bertz CT molecular complexity index is 1090. The summed E-state index contributed by atoms with van der Waals surface area (Å²) >= 11 is 6.00. The highest BCUT2D eigenvalue weighted by Gasteiger charge is 2.24. The number of carbonyl (C=O) groups excluding carboxylic acids is 1. The third-order valence-corrected chi connectivity index (χ3v) is 5.71. The van der Waals surface area contributed by atoms with Crippen molar-refractivity contribution in [2.45, 2.75) is 19.8 Å². The topological polar surface area (TPSA) is 63.8 Å². The fourth-order valence-electron chi connectivity index (χ4n) is 4.06. The third kappa shape index (κ3) is 4.36. The van der Waals surface area contributed by atoms with E-state index in [9.17, 15) is 9.59 Å². The Kier molecular flexibility index (Phi) is 5.69. The van der Waals surface area contributed by atoms with Crippen LogP contribution in [0.2, 0.25) is 5.02 Å². The zero-order chi connectivity index (χ0) is 20.4. The van der Waals surface area contributed by atoms with Gasteiger partial charge in [0, 0.05) is 10.9 Å². The van der Waals surface area contributed by atoms with Gasteiger partial charge in [0.2, 0.25) is 11.3 Å². The lowest BCUT2D eigenvalue weighted by atomic mass is 10.0. The molecule has 1 fully saturated rings. The molecule has 150 valence electrons. The quantitative estimate of drug-likeness (QED) is 0.691. The second-order valence-corrected chi connectivity index (χ2v) is 8.25. The molecular weight excluding hydrogens is 388 g/mol. The molecular formula is C23H24ClN2O3+. The minimum absolute atomic E-state index is 0.150. The van der Waals surface area contributed by atoms with Crippen LogP contribution in [0.3, 0.4) is 0 Å². The lowest BCUT2D eigenvalue weighted by Crippen LogP contribution is -3.14. The van der Waals surface area contributed by atoms with Gasteiger partial charge < -0.3 is 9.32 Å². The Hall–Kier alpha value is -2.63. The maximum Gasteiger partial charge on any atom is 0.281 e. The second kappa shape index (κ2) is 8.39. The number of hydrogen-bond acceptors (Lipinski definition) is 3. The number of benzene rings is 2. The highest BCUT2D eigenvalue weighted by atomic mass is 35.5. The first-order chi connectivity index (χ1) is 14.0. The molecule has 2 heterocycles. The Morgan fingerprint density at radius 1 is 1.21 bits per heavy atom. The van der Waals surface area contributed by atoms with Crippen molar-refractivity contribution in [1.82, 2.24) is 0 Å². The number of carbonyl (C=O) groups is 1. The molecule has 2 N–H and O–H groups in total. The summed E-state index contributed by atoms with van der Waals surface area (Å²) in [4.78, 5) is 27.2. The van der Waals surface area contributed by atoms with Crippen molar-refractivity contribution in [1.29, 1.82) is 0 Å². The number of para-hydroxylation sites is 1. The molecule has 0 aliphatic carbocycles. The van der Waals surface area contributed by atoms with E-state index < -0.39 is 0 Å². The van der Waals surface area contributed by atoms with Crippen molar-refractivity contribution in [2.75, 3.05) is 25.0 Å². The average Bonchev–Trinajstić information content (AvgIpc) is 2.69. The molecule has 0 radical (unpaired) electrons. The van der Waals surface area contributed by atoms with E-state index in [0.29, 0.717) is 39.6 Å². The summed E-state index contributed by atoms with van der Waals surface area (Å²) in [5, 5.41) is 3.91. The standard InChI is InChI=1S/C23H23ClN2O3/c1-15-5-4-12-26(13-15)14-20(27)25-23-21(16-8-10-17(24)11-9-16)22(28)18-6-2-3-7-19(18)29-23/h2-3,6-11,15H,4-5,12-14H2,1H3,(H,25,27)/p+1/t15-/m0/s1. The first-order valence-electron chi connectivity index (χ1n) is 9.96. The van der Waals surface area contributed by atoms with Crippen LogP contribution >= 0.6 is 11.6 Å². The molecule has 1 amide bonds. The summed E-state index contributed by atoms with van der Waals surface area (Å²) in [6, 6.07) is 14.0. The minimum Gasteiger partial charge on any atom is -0.439 e. The maximum absolute atomic E-state index is 13.2. The van der Waals surface area contributed by atoms with Crippen molar-refractivity contribution in [3.8, 4) is 11.1 Å². The molecule has 0 spiro atoms. The summed E-state index contributed by atoms with van der Waals surface area (Å²) in [6.45, 7) is 4.56. The first kappa shape index (κ1) is 19.7. The summed E-state index contributed by atoms with van der Waals surface area (Å²) in [5.41, 5.74) is 1.27. The fourth-order valence-corrected chi connectivity index (χ4v) is 4.19. The van der Waals surface area contributed by atoms with E-state index in [4.69, 9.17) is 16.0 Å². The molecule has 1 aliphatic rings. The number of hydrogen-bond donors (Lipinski definition) is 2. The molecule has 5 nitrogen and oxygen atoms in total. The molecule has 0 bridgehead atoms. The molecule has 4 rings (SSSR count). The number of rotatable bonds is 4. The van der Waals surface area contributed by atoms with Crippen LogP contribution in [0.25, 0.3) is 22.1 Å². The summed E-state index contributed by atoms with van der Waals surface area (Å²) in [7, 11) is 0. The van der Waals surface area contributed by atoms with Crippen LogP contribution in [0, 0.1) is 5.92 Å². The molecule has 2 aromatic carbocycles. The van der Waals surface area contributed by atoms with Crippen LogP contribution in [0.4, 0.5) is 5.88 Å². The second-order valence-electron chi connectivity index (χ2n) is 7.81. The van der Waals surface area contributed by atoms with Gasteiger partial charge in [-0.3, -0.25) is 14.9 Å². The van der Waals surface area contributed by atoms with Crippen molar-refractivity contribution in [3.05, 3.63) is 63.8 Å². The molecule has 29 heavy (non-hydrogen) atoms. The van der Waals surface area contributed by atoms with Crippen molar-refractivity contribution in [2.24, 2.45) is 5.92 Å². The fraction of sp³-hybridized carbons (Fsp3) is 0.304. The van der Waals surface area contributed by atoms with Gasteiger partial charge in [0.15, 0.2) is 6.54 Å². The first-order valence-corrected chi connectivity index (χ1v) is 10.3. The molecule has 1 saturated heterocycles. The number of anilines is 1. The Balaban J connectivity index is 1.70. The number of piperidine rings is 1. The highest BCUT2D eigenvalue weighted by molar-refractivity contribution is 6.30. The van der Waals surface area contributed by atoms with Gasteiger partial charge in [-0.15, -0.1) is 0 Å². The van der Waals surface area contributed by atoms with E-state index in [1.807, 2.05) is 0 Å². The summed E-state index contributed by atoms with van der Waals surface area (Å²) in [5.74, 6) is 0.656. The average molecular weight is 412 g/mol. The zero-order valence-corrected chi connectivity index (χ0v) is 17.1. The molecule has 1 aliphatic heterocycles. The minimum atomic E-state index is -0.177. The van der Waals surface area contributed by atoms with Gasteiger partial charge in [0.05, 0.1) is 24.0 Å². The summed E-state index contributed by atoms with van der Waals surface area (Å²) < 4.78 is 5.97. The van der Waals surface area contributed by atoms with E-state index in [1.54, 1.807) is 48.5 Å². The molecule has 1 unspecified atom stereocenters. The lowest BCUT2D eigenvalue weighted by molar-refractivity contribution is -0.900. The number of nitrogens with one attached hydrogen (secondary N) is 2. The van der Waals surface area contributed by atoms with Crippen molar-refractivity contribution < 1.29 is 14.1 Å². The lowest BCUT2D eigenvalue weighted by Gasteiger charge is -2.27. The number of likely N-dealkylation sites (tertiary alicyclic amines) is 1. The molecule has 3 aromatic rings.